The van der Waals surface area contributed by atoms with Gasteiger partial charge in [-0.2, -0.15) is 13.2 Å². The number of nitrogens with two attached hydrogens (primary N) is 1. The zero-order valence-electron chi connectivity index (χ0n) is 19.2. The normalized spacial score (nSPS) is 20.5. The lowest BCUT2D eigenvalue weighted by atomic mass is 9.84. The van der Waals surface area contributed by atoms with Gasteiger partial charge in [-0.15, -0.1) is 0 Å². The zero-order valence-corrected chi connectivity index (χ0v) is 19.2. The second kappa shape index (κ2) is 9.70. The summed E-state index contributed by atoms with van der Waals surface area (Å²) in [5.74, 6) is 0.560. The van der Waals surface area contributed by atoms with Crippen LogP contribution in [0, 0.1) is 5.92 Å². The van der Waals surface area contributed by atoms with Gasteiger partial charge >= 0.3 is 6.18 Å². The van der Waals surface area contributed by atoms with Crippen LogP contribution < -0.4 is 10.6 Å². The number of nitrogens with one attached hydrogen (secondary N) is 1. The van der Waals surface area contributed by atoms with Gasteiger partial charge in [0.25, 0.3) is 0 Å². The number of fused-ring (bicyclic) bond motifs is 1. The van der Waals surface area contributed by atoms with Crippen molar-refractivity contribution in [3.63, 3.8) is 0 Å². The third kappa shape index (κ3) is 4.62. The second-order valence-corrected chi connectivity index (χ2v) is 9.05. The molecule has 1 aromatic carbocycles. The predicted octanol–water partition coefficient (Wildman–Crippen LogP) is 6.04. The van der Waals surface area contributed by atoms with Gasteiger partial charge in [-0.1, -0.05) is 36.4 Å². The number of aromatic amines is 1. The van der Waals surface area contributed by atoms with Crippen molar-refractivity contribution in [1.82, 2.24) is 15.0 Å². The molecule has 5 nitrogen and oxygen atoms in total. The summed E-state index contributed by atoms with van der Waals surface area (Å²) in [5, 5.41) is 0. The van der Waals surface area contributed by atoms with Gasteiger partial charge in [0.15, 0.2) is 0 Å². The third-order valence-corrected chi connectivity index (χ3v) is 6.90. The molecule has 3 unspecified atom stereocenters. The Balaban J connectivity index is 1.75. The molecule has 3 atom stereocenters. The first-order valence-electron chi connectivity index (χ1n) is 11.9. The molecule has 35 heavy (non-hydrogen) atoms. The Kier molecular flexibility index (Phi) is 6.47. The first-order valence-corrected chi connectivity index (χ1v) is 11.9. The molecule has 0 saturated heterocycles. The number of H-pyrrole nitrogens is 1. The molecule has 2 aromatic heterocycles. The molecule has 2 aliphatic rings. The maximum absolute atomic E-state index is 14.5. The lowest BCUT2D eigenvalue weighted by Crippen LogP contribution is -2.40. The Morgan fingerprint density at radius 1 is 1.14 bits per heavy atom. The molecular formula is C27H28F3N5. The highest BCUT2D eigenvalue weighted by molar-refractivity contribution is 5.60. The Labute approximate surface area is 202 Å². The average molecular weight is 480 g/mol. The molecule has 0 saturated carbocycles. The molecule has 182 valence electrons. The van der Waals surface area contributed by atoms with E-state index in [0.717, 1.165) is 24.1 Å². The molecule has 3 N–H and O–H groups in total. The Morgan fingerprint density at radius 3 is 2.74 bits per heavy atom. The fourth-order valence-electron chi connectivity index (χ4n) is 5.34. The molecule has 0 amide bonds. The van der Waals surface area contributed by atoms with E-state index in [0.29, 0.717) is 24.2 Å². The van der Waals surface area contributed by atoms with Crippen LogP contribution in [-0.4, -0.2) is 15.0 Å². The van der Waals surface area contributed by atoms with Crippen LogP contribution in [0.5, 0.6) is 0 Å². The molecule has 2 aliphatic carbocycles. The van der Waals surface area contributed by atoms with E-state index in [1.165, 1.54) is 6.07 Å². The number of aromatic nitrogens is 3. The lowest BCUT2D eigenvalue weighted by Gasteiger charge is -2.44. The van der Waals surface area contributed by atoms with Crippen LogP contribution in [0.4, 0.5) is 18.9 Å². The maximum atomic E-state index is 14.5. The van der Waals surface area contributed by atoms with E-state index in [2.05, 4.69) is 21.0 Å². The molecule has 8 heteroatoms. The first kappa shape index (κ1) is 23.4. The Morgan fingerprint density at radius 2 is 2.03 bits per heavy atom. The van der Waals surface area contributed by atoms with Crippen LogP contribution in [0.3, 0.4) is 0 Å². The van der Waals surface area contributed by atoms with Gasteiger partial charge in [-0.25, -0.2) is 4.98 Å². The number of hydrogen-bond acceptors (Lipinski definition) is 4. The highest BCUT2D eigenvalue weighted by atomic mass is 19.4. The number of anilines is 1. The molecule has 5 rings (SSSR count). The van der Waals surface area contributed by atoms with Gasteiger partial charge < -0.3 is 15.6 Å². The molecule has 0 radical (unpaired) electrons. The third-order valence-electron chi connectivity index (χ3n) is 6.90. The van der Waals surface area contributed by atoms with E-state index < -0.39 is 17.8 Å². The molecular weight excluding hydrogens is 451 g/mol. The molecule has 0 aliphatic heterocycles. The molecule has 3 aromatic rings. The minimum absolute atomic E-state index is 0.0367. The van der Waals surface area contributed by atoms with Crippen molar-refractivity contribution in [1.29, 1.82) is 0 Å². The largest absolute Gasteiger partial charge is 0.418 e. The number of benzene rings is 1. The minimum Gasteiger partial charge on any atom is -0.352 e. The first-order chi connectivity index (χ1) is 17.0. The number of nitrogens with zero attached hydrogens (tertiary/aromatic N) is 3. The maximum Gasteiger partial charge on any atom is 0.418 e. The predicted molar refractivity (Wildman–Crippen MR) is 129 cm³/mol. The standard InChI is InChI=1S/C27H28F3N5/c28-27(29,30)21-16-18(17-31)11-12-22(21)35(23-10-4-8-19-9-5-13-32-24(19)23)25(26-33-14-15-34-26)20-6-2-1-3-7-20/h1-3,5-6,9,11-16,20,23,25H,4,7-8,10,17,31H2,(H,33,34). The summed E-state index contributed by atoms with van der Waals surface area (Å²) in [5.41, 5.74) is 7.53. The number of alkyl halides is 3. The van der Waals surface area contributed by atoms with E-state index in [-0.39, 0.29) is 24.2 Å². The van der Waals surface area contributed by atoms with E-state index in [4.69, 9.17) is 5.73 Å². The molecule has 2 heterocycles. The molecule has 0 bridgehead atoms. The highest BCUT2D eigenvalue weighted by Gasteiger charge is 2.42. The number of rotatable bonds is 6. The van der Waals surface area contributed by atoms with Crippen LogP contribution in [0.25, 0.3) is 0 Å². The summed E-state index contributed by atoms with van der Waals surface area (Å²) in [6.07, 6.45) is 11.7. The van der Waals surface area contributed by atoms with Gasteiger partial charge in [0.2, 0.25) is 0 Å². The van der Waals surface area contributed by atoms with Gasteiger partial charge in [-0.3, -0.25) is 4.98 Å². The fourth-order valence-corrected chi connectivity index (χ4v) is 5.34. The van der Waals surface area contributed by atoms with E-state index >= 15 is 0 Å². The van der Waals surface area contributed by atoms with E-state index in [1.807, 2.05) is 35.3 Å². The van der Waals surface area contributed by atoms with Crippen molar-refractivity contribution in [2.45, 2.75) is 50.5 Å². The van der Waals surface area contributed by atoms with Gasteiger partial charge in [0.05, 0.1) is 29.0 Å². The minimum atomic E-state index is -4.55. The van der Waals surface area contributed by atoms with Gasteiger partial charge in [0.1, 0.15) is 5.82 Å². The van der Waals surface area contributed by atoms with Gasteiger partial charge in [-0.05, 0) is 55.0 Å². The van der Waals surface area contributed by atoms with E-state index in [1.54, 1.807) is 30.7 Å². The highest BCUT2D eigenvalue weighted by Crippen LogP contribution is 2.48. The van der Waals surface area contributed by atoms with Crippen LogP contribution >= 0.6 is 0 Å². The van der Waals surface area contributed by atoms with Crippen LogP contribution in [0.2, 0.25) is 0 Å². The lowest BCUT2D eigenvalue weighted by molar-refractivity contribution is -0.137. The summed E-state index contributed by atoms with van der Waals surface area (Å²) >= 11 is 0. The second-order valence-electron chi connectivity index (χ2n) is 9.05. The average Bonchev–Trinajstić information content (AvgIpc) is 3.41. The van der Waals surface area contributed by atoms with Crippen LogP contribution in [0.1, 0.15) is 59.6 Å². The monoisotopic (exact) mass is 479 g/mol. The van der Waals surface area contributed by atoms with Crippen molar-refractivity contribution in [3.05, 3.63) is 101 Å². The Bertz CT molecular complexity index is 1220. The number of hydrogen-bond donors (Lipinski definition) is 2. The number of aryl methyl sites for hydroxylation is 1. The molecule has 0 spiro atoms. The van der Waals surface area contributed by atoms with Gasteiger partial charge in [0, 0.05) is 31.1 Å². The number of halogens is 3. The van der Waals surface area contributed by atoms with Crippen molar-refractivity contribution >= 4 is 5.69 Å². The van der Waals surface area contributed by atoms with Crippen LogP contribution in [0.15, 0.2) is 73.2 Å². The topological polar surface area (TPSA) is 70.8 Å². The number of allylic oxidation sites excluding steroid dienone is 3. The fraction of sp³-hybridized carbons (Fsp3) is 0.333. The van der Waals surface area contributed by atoms with Crippen molar-refractivity contribution in [2.24, 2.45) is 11.7 Å². The Hall–Kier alpha value is -3.39. The number of pyridine rings is 1. The SMILES string of the molecule is NCc1ccc(N(C2CCCc3cccnc32)C(c2ncc[nH]2)C2C=CC=CC2)c(C(F)(F)F)c1. The smallest absolute Gasteiger partial charge is 0.352 e. The van der Waals surface area contributed by atoms with E-state index in [9.17, 15) is 13.2 Å². The summed E-state index contributed by atoms with van der Waals surface area (Å²) in [7, 11) is 0. The quantitative estimate of drug-likeness (QED) is 0.452. The van der Waals surface area contributed by atoms with Crippen molar-refractivity contribution in [2.75, 3.05) is 4.90 Å². The summed E-state index contributed by atoms with van der Waals surface area (Å²) < 4.78 is 43.5. The molecule has 0 fully saturated rings. The number of imidazole rings is 1. The summed E-state index contributed by atoms with van der Waals surface area (Å²) in [6.45, 7) is 0.0367. The van der Waals surface area contributed by atoms with Crippen LogP contribution in [-0.2, 0) is 19.1 Å². The summed E-state index contributed by atoms with van der Waals surface area (Å²) in [6, 6.07) is 7.57. The van der Waals surface area contributed by atoms with Crippen molar-refractivity contribution in [3.8, 4) is 0 Å². The van der Waals surface area contributed by atoms with Crippen molar-refractivity contribution < 1.29 is 13.2 Å². The zero-order chi connectivity index (χ0) is 24.4. The summed E-state index contributed by atoms with van der Waals surface area (Å²) in [4.78, 5) is 14.3.